The number of hydrogen-bond acceptors (Lipinski definition) is 3. The summed E-state index contributed by atoms with van der Waals surface area (Å²) < 4.78 is 5.39. The Morgan fingerprint density at radius 3 is 2.50 bits per heavy atom. The molecule has 1 heterocycles. The lowest BCUT2D eigenvalue weighted by Crippen LogP contribution is -2.48. The molecule has 3 heteroatoms. The van der Waals surface area contributed by atoms with Gasteiger partial charge < -0.3 is 15.4 Å². The standard InChI is InChI=1S/C13H26N2O/c1-15(10-12-4-8-16-9-5-12)11-13(14)6-2-3-7-13/h12H,2-11,14H2,1H3. The van der Waals surface area contributed by atoms with E-state index in [2.05, 4.69) is 11.9 Å². The summed E-state index contributed by atoms with van der Waals surface area (Å²) >= 11 is 0. The minimum Gasteiger partial charge on any atom is -0.381 e. The van der Waals surface area contributed by atoms with E-state index in [1.807, 2.05) is 0 Å². The minimum absolute atomic E-state index is 0.111. The molecule has 1 aliphatic heterocycles. The van der Waals surface area contributed by atoms with Gasteiger partial charge in [-0.3, -0.25) is 0 Å². The van der Waals surface area contributed by atoms with Gasteiger partial charge in [-0.2, -0.15) is 0 Å². The van der Waals surface area contributed by atoms with Crippen LogP contribution in [0.15, 0.2) is 0 Å². The lowest BCUT2D eigenvalue weighted by atomic mass is 9.96. The summed E-state index contributed by atoms with van der Waals surface area (Å²) in [5.74, 6) is 0.823. The summed E-state index contributed by atoms with van der Waals surface area (Å²) in [6.07, 6.45) is 7.52. The molecule has 0 aromatic carbocycles. The molecule has 0 radical (unpaired) electrons. The summed E-state index contributed by atoms with van der Waals surface area (Å²) in [6, 6.07) is 0. The Bertz CT molecular complexity index is 208. The molecule has 3 nitrogen and oxygen atoms in total. The first-order chi connectivity index (χ1) is 7.68. The van der Waals surface area contributed by atoms with Gasteiger partial charge >= 0.3 is 0 Å². The number of ether oxygens (including phenoxy) is 1. The number of nitrogens with two attached hydrogens (primary N) is 1. The Hall–Kier alpha value is -0.120. The van der Waals surface area contributed by atoms with Crippen LogP contribution < -0.4 is 5.73 Å². The molecule has 0 amide bonds. The monoisotopic (exact) mass is 226 g/mol. The Labute approximate surface area is 99.3 Å². The van der Waals surface area contributed by atoms with E-state index in [9.17, 15) is 0 Å². The second-order valence-electron chi connectivity index (χ2n) is 5.82. The van der Waals surface area contributed by atoms with Crippen molar-refractivity contribution in [1.82, 2.24) is 4.90 Å². The number of likely N-dealkylation sites (N-methyl/N-ethyl adjacent to an activating group) is 1. The van der Waals surface area contributed by atoms with Crippen LogP contribution in [0.4, 0.5) is 0 Å². The Morgan fingerprint density at radius 2 is 1.88 bits per heavy atom. The zero-order valence-corrected chi connectivity index (χ0v) is 10.6. The van der Waals surface area contributed by atoms with Crippen LogP contribution in [0.5, 0.6) is 0 Å². The molecule has 0 bridgehead atoms. The van der Waals surface area contributed by atoms with Gasteiger partial charge in [0.05, 0.1) is 0 Å². The molecule has 0 aromatic rings. The predicted octanol–water partition coefficient (Wildman–Crippen LogP) is 1.62. The lowest BCUT2D eigenvalue weighted by molar-refractivity contribution is 0.0533. The highest BCUT2D eigenvalue weighted by Crippen LogP contribution is 2.28. The average molecular weight is 226 g/mol. The van der Waals surface area contributed by atoms with Crippen molar-refractivity contribution >= 4 is 0 Å². The van der Waals surface area contributed by atoms with Crippen LogP contribution in [-0.2, 0) is 4.74 Å². The van der Waals surface area contributed by atoms with E-state index in [0.717, 1.165) is 25.7 Å². The van der Waals surface area contributed by atoms with E-state index in [0.29, 0.717) is 0 Å². The van der Waals surface area contributed by atoms with Gasteiger partial charge in [0, 0.05) is 31.8 Å². The molecule has 1 aliphatic carbocycles. The highest BCUT2D eigenvalue weighted by atomic mass is 16.5. The van der Waals surface area contributed by atoms with Gasteiger partial charge in [0.25, 0.3) is 0 Å². The quantitative estimate of drug-likeness (QED) is 0.791. The van der Waals surface area contributed by atoms with Gasteiger partial charge in [-0.25, -0.2) is 0 Å². The van der Waals surface area contributed by atoms with Gasteiger partial charge in [-0.05, 0) is 38.6 Å². The summed E-state index contributed by atoms with van der Waals surface area (Å²) in [6.45, 7) is 4.17. The fourth-order valence-electron chi connectivity index (χ4n) is 3.21. The fraction of sp³-hybridized carbons (Fsp3) is 1.00. The number of hydrogen-bond donors (Lipinski definition) is 1. The fourth-order valence-corrected chi connectivity index (χ4v) is 3.21. The molecule has 1 saturated heterocycles. The van der Waals surface area contributed by atoms with Crippen molar-refractivity contribution in [3.63, 3.8) is 0 Å². The molecule has 2 fully saturated rings. The summed E-state index contributed by atoms with van der Waals surface area (Å²) in [5.41, 5.74) is 6.51. The highest BCUT2D eigenvalue weighted by molar-refractivity contribution is 4.91. The van der Waals surface area contributed by atoms with E-state index < -0.39 is 0 Å². The molecule has 0 spiro atoms. The number of nitrogens with zero attached hydrogens (tertiary/aromatic N) is 1. The maximum absolute atomic E-state index is 6.40. The van der Waals surface area contributed by atoms with Gasteiger partial charge in [0.15, 0.2) is 0 Å². The zero-order chi connectivity index (χ0) is 11.4. The van der Waals surface area contributed by atoms with Crippen LogP contribution in [0.25, 0.3) is 0 Å². The van der Waals surface area contributed by atoms with Crippen molar-refractivity contribution in [2.45, 2.75) is 44.1 Å². The minimum atomic E-state index is 0.111. The van der Waals surface area contributed by atoms with Gasteiger partial charge in [0.2, 0.25) is 0 Å². The van der Waals surface area contributed by atoms with Crippen molar-refractivity contribution in [1.29, 1.82) is 0 Å². The normalized spacial score (nSPS) is 26.4. The van der Waals surface area contributed by atoms with E-state index in [1.165, 1.54) is 45.1 Å². The molecule has 0 atom stereocenters. The molecular weight excluding hydrogens is 200 g/mol. The largest absolute Gasteiger partial charge is 0.381 e. The number of rotatable bonds is 4. The smallest absolute Gasteiger partial charge is 0.0469 e. The maximum Gasteiger partial charge on any atom is 0.0469 e. The van der Waals surface area contributed by atoms with Gasteiger partial charge in [0.1, 0.15) is 0 Å². The molecule has 16 heavy (non-hydrogen) atoms. The Balaban J connectivity index is 1.72. The van der Waals surface area contributed by atoms with Crippen molar-refractivity contribution in [2.75, 3.05) is 33.4 Å². The summed E-state index contributed by atoms with van der Waals surface area (Å²) in [5, 5.41) is 0. The molecular formula is C13H26N2O. The topological polar surface area (TPSA) is 38.5 Å². The van der Waals surface area contributed by atoms with Crippen molar-refractivity contribution < 1.29 is 4.74 Å². The van der Waals surface area contributed by atoms with Gasteiger partial charge in [-0.1, -0.05) is 12.8 Å². The van der Waals surface area contributed by atoms with Gasteiger partial charge in [-0.15, -0.1) is 0 Å². The Morgan fingerprint density at radius 1 is 1.25 bits per heavy atom. The molecule has 2 N–H and O–H groups in total. The average Bonchev–Trinajstić information content (AvgIpc) is 2.66. The van der Waals surface area contributed by atoms with E-state index in [-0.39, 0.29) is 5.54 Å². The molecule has 1 saturated carbocycles. The molecule has 0 aromatic heterocycles. The van der Waals surface area contributed by atoms with Crippen molar-refractivity contribution in [3.8, 4) is 0 Å². The van der Waals surface area contributed by atoms with E-state index in [1.54, 1.807) is 0 Å². The van der Waals surface area contributed by atoms with Crippen molar-refractivity contribution in [2.24, 2.45) is 11.7 Å². The predicted molar refractivity (Wildman–Crippen MR) is 66.4 cm³/mol. The molecule has 2 aliphatic rings. The highest BCUT2D eigenvalue weighted by Gasteiger charge is 2.30. The maximum atomic E-state index is 6.40. The second-order valence-corrected chi connectivity index (χ2v) is 5.82. The van der Waals surface area contributed by atoms with E-state index in [4.69, 9.17) is 10.5 Å². The molecule has 94 valence electrons. The van der Waals surface area contributed by atoms with E-state index >= 15 is 0 Å². The SMILES string of the molecule is CN(CC1CCOCC1)CC1(N)CCCC1. The van der Waals surface area contributed by atoms with Crippen LogP contribution >= 0.6 is 0 Å². The Kier molecular flexibility index (Phi) is 4.22. The first-order valence-corrected chi connectivity index (χ1v) is 6.73. The second kappa shape index (κ2) is 5.48. The lowest BCUT2D eigenvalue weighted by Gasteiger charge is -2.33. The van der Waals surface area contributed by atoms with Crippen molar-refractivity contribution in [3.05, 3.63) is 0 Å². The first-order valence-electron chi connectivity index (χ1n) is 6.73. The van der Waals surface area contributed by atoms with Crippen LogP contribution in [-0.4, -0.2) is 43.8 Å². The van der Waals surface area contributed by atoms with Crippen LogP contribution in [0.2, 0.25) is 0 Å². The van der Waals surface area contributed by atoms with Crippen LogP contribution in [0, 0.1) is 5.92 Å². The van der Waals surface area contributed by atoms with Crippen LogP contribution in [0.1, 0.15) is 38.5 Å². The first kappa shape index (κ1) is 12.3. The molecule has 0 unspecified atom stereocenters. The zero-order valence-electron chi connectivity index (χ0n) is 10.6. The third-order valence-corrected chi connectivity index (χ3v) is 4.09. The summed E-state index contributed by atoms with van der Waals surface area (Å²) in [4.78, 5) is 2.45. The summed E-state index contributed by atoms with van der Waals surface area (Å²) in [7, 11) is 2.22. The van der Waals surface area contributed by atoms with Crippen LogP contribution in [0.3, 0.4) is 0 Å². The third-order valence-electron chi connectivity index (χ3n) is 4.09. The molecule has 2 rings (SSSR count). The third kappa shape index (κ3) is 3.44.